The molecule has 4 heteroatoms. The molecule has 0 N–H and O–H groups in total. The Morgan fingerprint density at radius 3 is 2.31 bits per heavy atom. The Bertz CT molecular complexity index is 455. The van der Waals surface area contributed by atoms with Crippen molar-refractivity contribution in [3.63, 3.8) is 0 Å². The fourth-order valence-electron chi connectivity index (χ4n) is 1.48. The van der Waals surface area contributed by atoms with Crippen LogP contribution in [0, 0.1) is 0 Å². The monoisotopic (exact) mass is 233 g/mol. The largest absolute Gasteiger partial charge is 0.324 e. The Kier molecular flexibility index (Phi) is 3.18. The minimum absolute atomic E-state index is 0.476. The van der Waals surface area contributed by atoms with Crippen molar-refractivity contribution in [2.24, 2.45) is 0 Å². The van der Waals surface area contributed by atoms with Gasteiger partial charge in [-0.05, 0) is 24.3 Å². The van der Waals surface area contributed by atoms with E-state index in [0.29, 0.717) is 10.7 Å². The lowest BCUT2D eigenvalue weighted by molar-refractivity contribution is 0.411. The van der Waals surface area contributed by atoms with Crippen LogP contribution in [-0.4, -0.2) is 12.1 Å². The molecule has 1 atom stereocenters. The molecule has 0 fully saturated rings. The quantitative estimate of drug-likeness (QED) is 0.761. The van der Waals surface area contributed by atoms with Gasteiger partial charge >= 0.3 is 0 Å². The highest BCUT2D eigenvalue weighted by atomic mass is 31.2. The highest BCUT2D eigenvalue weighted by molar-refractivity contribution is 7.74. The van der Waals surface area contributed by atoms with E-state index >= 15 is 0 Å². The van der Waals surface area contributed by atoms with Crippen molar-refractivity contribution in [1.82, 2.24) is 4.98 Å². The molecular weight excluding hydrogens is 221 g/mol. The third-order valence-corrected chi connectivity index (χ3v) is 4.66. The average molecular weight is 233 g/mol. The highest BCUT2D eigenvalue weighted by Gasteiger charge is 2.28. The first-order valence-electron chi connectivity index (χ1n) is 4.90. The van der Waals surface area contributed by atoms with Crippen LogP contribution in [0.1, 0.15) is 0 Å². The zero-order chi connectivity index (χ0) is 11.4. The first-order chi connectivity index (χ1) is 7.77. The smallest absolute Gasteiger partial charge is 0.278 e. The van der Waals surface area contributed by atoms with E-state index in [1.54, 1.807) is 36.5 Å². The first-order valence-corrected chi connectivity index (χ1v) is 6.53. The molecule has 1 unspecified atom stereocenters. The third kappa shape index (κ3) is 1.92. The number of rotatable bonds is 3. The lowest BCUT2D eigenvalue weighted by Crippen LogP contribution is -2.19. The van der Waals surface area contributed by atoms with E-state index < -0.39 is 7.37 Å². The van der Waals surface area contributed by atoms with E-state index in [0.717, 1.165) is 0 Å². The summed E-state index contributed by atoms with van der Waals surface area (Å²) in [5.74, 6) is 0. The van der Waals surface area contributed by atoms with Gasteiger partial charge in [0.2, 0.25) is 0 Å². The molecule has 16 heavy (non-hydrogen) atoms. The van der Waals surface area contributed by atoms with Crippen LogP contribution < -0.4 is 10.7 Å². The van der Waals surface area contributed by atoms with Gasteiger partial charge in [0.05, 0.1) is 0 Å². The molecule has 0 saturated heterocycles. The van der Waals surface area contributed by atoms with Crippen molar-refractivity contribution in [3.05, 3.63) is 54.7 Å². The number of benzene rings is 1. The Morgan fingerprint density at radius 1 is 1.06 bits per heavy atom. The van der Waals surface area contributed by atoms with Gasteiger partial charge in [-0.15, -0.1) is 0 Å². The summed E-state index contributed by atoms with van der Waals surface area (Å²) in [4.78, 5) is 4.11. The summed E-state index contributed by atoms with van der Waals surface area (Å²) in [6, 6.07) is 14.4. The maximum absolute atomic E-state index is 12.7. The SMILES string of the molecule is COP(=O)(c1ccccc1)c1ccccn1. The second kappa shape index (κ2) is 4.60. The molecule has 0 aliphatic rings. The predicted octanol–water partition coefficient (Wildman–Crippen LogP) is 1.96. The van der Waals surface area contributed by atoms with E-state index in [-0.39, 0.29) is 0 Å². The summed E-state index contributed by atoms with van der Waals surface area (Å²) >= 11 is 0. The standard InChI is InChI=1S/C12H12NO2P/c1-15-16(14,11-7-3-2-4-8-11)12-9-5-6-10-13-12/h2-10H,1H3. The van der Waals surface area contributed by atoms with Gasteiger partial charge in [0, 0.05) is 18.6 Å². The molecule has 2 rings (SSSR count). The van der Waals surface area contributed by atoms with Crippen molar-refractivity contribution >= 4 is 18.1 Å². The zero-order valence-corrected chi connectivity index (χ0v) is 9.80. The lowest BCUT2D eigenvalue weighted by Gasteiger charge is -2.15. The number of aromatic nitrogens is 1. The van der Waals surface area contributed by atoms with Crippen LogP contribution in [-0.2, 0) is 9.09 Å². The predicted molar refractivity (Wildman–Crippen MR) is 64.6 cm³/mol. The van der Waals surface area contributed by atoms with Gasteiger partial charge in [-0.1, -0.05) is 24.3 Å². The van der Waals surface area contributed by atoms with Crippen LogP contribution in [0.4, 0.5) is 0 Å². The molecule has 3 nitrogen and oxygen atoms in total. The van der Waals surface area contributed by atoms with Gasteiger partial charge in [0.25, 0.3) is 7.37 Å². The maximum Gasteiger partial charge on any atom is 0.278 e. The van der Waals surface area contributed by atoms with Crippen LogP contribution in [0.5, 0.6) is 0 Å². The molecule has 1 aromatic heterocycles. The normalized spacial score (nSPS) is 14.3. The molecule has 0 bridgehead atoms. The summed E-state index contributed by atoms with van der Waals surface area (Å²) < 4.78 is 17.9. The summed E-state index contributed by atoms with van der Waals surface area (Å²) in [5.41, 5.74) is 0.476. The van der Waals surface area contributed by atoms with Gasteiger partial charge in [0.15, 0.2) is 0 Å². The maximum atomic E-state index is 12.7. The second-order valence-electron chi connectivity index (χ2n) is 3.26. The molecule has 1 aromatic carbocycles. The van der Waals surface area contributed by atoms with E-state index in [2.05, 4.69) is 4.98 Å². The van der Waals surface area contributed by atoms with Crippen molar-refractivity contribution < 1.29 is 9.09 Å². The Balaban J connectivity index is 2.54. The summed E-state index contributed by atoms with van der Waals surface area (Å²) in [6.07, 6.45) is 1.62. The second-order valence-corrected chi connectivity index (χ2v) is 5.70. The van der Waals surface area contributed by atoms with Gasteiger partial charge < -0.3 is 4.52 Å². The van der Waals surface area contributed by atoms with Crippen molar-refractivity contribution in [2.75, 3.05) is 7.11 Å². The summed E-state index contributed by atoms with van der Waals surface area (Å²) in [5, 5.41) is 0.663. The highest BCUT2D eigenvalue weighted by Crippen LogP contribution is 2.42. The Hall–Kier alpha value is -1.44. The number of hydrogen-bond acceptors (Lipinski definition) is 3. The zero-order valence-electron chi connectivity index (χ0n) is 8.91. The summed E-state index contributed by atoms with van der Waals surface area (Å²) in [7, 11) is -1.57. The van der Waals surface area contributed by atoms with Gasteiger partial charge in [-0.25, -0.2) is 0 Å². The Labute approximate surface area is 94.6 Å². The minimum atomic E-state index is -3.02. The molecule has 0 aliphatic carbocycles. The molecule has 0 spiro atoms. The fourth-order valence-corrected chi connectivity index (χ4v) is 3.21. The van der Waals surface area contributed by atoms with Crippen molar-refractivity contribution in [2.45, 2.75) is 0 Å². The molecule has 1 heterocycles. The van der Waals surface area contributed by atoms with E-state index in [4.69, 9.17) is 4.52 Å². The molecule has 2 aromatic rings. The number of hydrogen-bond donors (Lipinski definition) is 0. The van der Waals surface area contributed by atoms with Crippen LogP contribution >= 0.6 is 7.37 Å². The van der Waals surface area contributed by atoms with Crippen molar-refractivity contribution in [1.29, 1.82) is 0 Å². The topological polar surface area (TPSA) is 39.2 Å². The van der Waals surface area contributed by atoms with E-state index in [9.17, 15) is 4.57 Å². The van der Waals surface area contributed by atoms with Crippen LogP contribution in [0.2, 0.25) is 0 Å². The lowest BCUT2D eigenvalue weighted by atomic mass is 10.4. The average Bonchev–Trinajstić information content (AvgIpc) is 2.40. The molecule has 82 valence electrons. The fraction of sp³-hybridized carbons (Fsp3) is 0.0833. The third-order valence-electron chi connectivity index (χ3n) is 2.30. The van der Waals surface area contributed by atoms with Crippen LogP contribution in [0.25, 0.3) is 0 Å². The molecule has 0 saturated carbocycles. The number of nitrogens with zero attached hydrogens (tertiary/aromatic N) is 1. The summed E-state index contributed by atoms with van der Waals surface area (Å²) in [6.45, 7) is 0. The first kappa shape index (κ1) is 11.1. The van der Waals surface area contributed by atoms with Gasteiger partial charge in [0.1, 0.15) is 5.44 Å². The van der Waals surface area contributed by atoms with Gasteiger partial charge in [-0.2, -0.15) is 0 Å². The number of pyridine rings is 1. The van der Waals surface area contributed by atoms with Crippen molar-refractivity contribution in [3.8, 4) is 0 Å². The van der Waals surface area contributed by atoms with Crippen LogP contribution in [0.3, 0.4) is 0 Å². The Morgan fingerprint density at radius 2 is 1.75 bits per heavy atom. The molecule has 0 aliphatic heterocycles. The molecule has 0 radical (unpaired) electrons. The minimum Gasteiger partial charge on any atom is -0.324 e. The van der Waals surface area contributed by atoms with Crippen LogP contribution in [0.15, 0.2) is 54.7 Å². The molecule has 0 amide bonds. The molecular formula is C12H12NO2P. The van der Waals surface area contributed by atoms with E-state index in [1.165, 1.54) is 7.11 Å². The van der Waals surface area contributed by atoms with Gasteiger partial charge in [-0.3, -0.25) is 9.55 Å². The van der Waals surface area contributed by atoms with E-state index in [1.807, 2.05) is 18.2 Å².